The molecule has 5 nitrogen and oxygen atoms in total. The van der Waals surface area contributed by atoms with Crippen LogP contribution in [-0.4, -0.2) is 46.1 Å². The van der Waals surface area contributed by atoms with Crippen LogP contribution in [0, 0.1) is 0 Å². The first kappa shape index (κ1) is 49.1. The molecule has 0 saturated carbocycles. The summed E-state index contributed by atoms with van der Waals surface area (Å²) in [6.07, 6.45) is 47.6. The number of nitrogens with one attached hydrogen (secondary N) is 1. The van der Waals surface area contributed by atoms with Gasteiger partial charge in [-0.25, -0.2) is 0 Å². The van der Waals surface area contributed by atoms with Crippen LogP contribution in [0.1, 0.15) is 245 Å². The number of rotatable bonds is 41. The Morgan fingerprint density at radius 3 is 1.20 bits per heavy atom. The lowest BCUT2D eigenvalue weighted by atomic mass is 9.99. The molecule has 1 amide bonds. The molecule has 3 atom stereocenters. The highest BCUT2D eigenvalue weighted by molar-refractivity contribution is 5.76. The van der Waals surface area contributed by atoms with Crippen LogP contribution in [-0.2, 0) is 4.79 Å². The summed E-state index contributed by atoms with van der Waals surface area (Å²) in [7, 11) is 0. The summed E-state index contributed by atoms with van der Waals surface area (Å²) < 4.78 is 0. The fraction of sp³-hybridized carbons (Fsp3) is 0.933. The summed E-state index contributed by atoms with van der Waals surface area (Å²) in [6.45, 7) is 4.16. The summed E-state index contributed by atoms with van der Waals surface area (Å²) in [5.41, 5.74) is 0. The van der Waals surface area contributed by atoms with E-state index in [-0.39, 0.29) is 12.5 Å². The second-order valence-electron chi connectivity index (χ2n) is 15.6. The molecule has 298 valence electrons. The third-order valence-electron chi connectivity index (χ3n) is 10.6. The van der Waals surface area contributed by atoms with Gasteiger partial charge in [0, 0.05) is 6.42 Å². The Labute approximate surface area is 312 Å². The van der Waals surface area contributed by atoms with E-state index >= 15 is 0 Å². The fourth-order valence-corrected chi connectivity index (χ4v) is 7.10. The number of carbonyl (C=O) groups excluding carboxylic acids is 1. The first-order valence-electron chi connectivity index (χ1n) is 22.5. The van der Waals surface area contributed by atoms with Crippen molar-refractivity contribution >= 4 is 5.91 Å². The largest absolute Gasteiger partial charge is 0.394 e. The van der Waals surface area contributed by atoms with Gasteiger partial charge in [0.25, 0.3) is 0 Å². The van der Waals surface area contributed by atoms with Crippen molar-refractivity contribution in [1.29, 1.82) is 0 Å². The van der Waals surface area contributed by atoms with Gasteiger partial charge in [-0.2, -0.15) is 0 Å². The molecule has 0 aliphatic rings. The lowest BCUT2D eigenvalue weighted by Crippen LogP contribution is -2.50. The third kappa shape index (κ3) is 35.5. The number of aliphatic hydroxyl groups excluding tert-OH is 3. The maximum absolute atomic E-state index is 12.4. The summed E-state index contributed by atoms with van der Waals surface area (Å²) in [5, 5.41) is 33.5. The highest BCUT2D eigenvalue weighted by atomic mass is 16.3. The molecule has 3 unspecified atom stereocenters. The zero-order valence-corrected chi connectivity index (χ0v) is 33.8. The predicted molar refractivity (Wildman–Crippen MR) is 218 cm³/mol. The van der Waals surface area contributed by atoms with Crippen LogP contribution >= 0.6 is 0 Å². The molecule has 0 aliphatic carbocycles. The van der Waals surface area contributed by atoms with Gasteiger partial charge in [-0.15, -0.1) is 0 Å². The molecular weight excluding hydrogens is 618 g/mol. The monoisotopic (exact) mass is 708 g/mol. The molecular formula is C45H89NO4. The topological polar surface area (TPSA) is 89.8 Å². The molecule has 0 heterocycles. The van der Waals surface area contributed by atoms with Crippen LogP contribution in [0.25, 0.3) is 0 Å². The minimum Gasteiger partial charge on any atom is -0.394 e. The van der Waals surface area contributed by atoms with E-state index in [1.54, 1.807) is 0 Å². The highest BCUT2D eigenvalue weighted by Gasteiger charge is 2.26. The smallest absolute Gasteiger partial charge is 0.220 e. The lowest BCUT2D eigenvalue weighted by molar-refractivity contribution is -0.124. The Kier molecular flexibility index (Phi) is 40.1. The van der Waals surface area contributed by atoms with E-state index in [1.807, 2.05) is 0 Å². The van der Waals surface area contributed by atoms with Gasteiger partial charge in [-0.3, -0.25) is 4.79 Å². The summed E-state index contributed by atoms with van der Waals surface area (Å²) in [6, 6.07) is -0.809. The third-order valence-corrected chi connectivity index (χ3v) is 10.6. The lowest BCUT2D eigenvalue weighted by Gasteiger charge is -2.26. The molecule has 0 rings (SSSR count). The molecule has 0 aromatic carbocycles. The fourth-order valence-electron chi connectivity index (χ4n) is 7.10. The average molecular weight is 708 g/mol. The molecule has 4 N–H and O–H groups in total. The van der Waals surface area contributed by atoms with E-state index in [0.29, 0.717) is 12.8 Å². The zero-order chi connectivity index (χ0) is 36.6. The van der Waals surface area contributed by atoms with E-state index < -0.39 is 18.2 Å². The van der Waals surface area contributed by atoms with Crippen LogP contribution in [0.3, 0.4) is 0 Å². The van der Waals surface area contributed by atoms with Gasteiger partial charge in [0.1, 0.15) is 6.10 Å². The molecule has 0 fully saturated rings. The van der Waals surface area contributed by atoms with Gasteiger partial charge in [-0.05, 0) is 38.5 Å². The van der Waals surface area contributed by atoms with Gasteiger partial charge < -0.3 is 20.6 Å². The van der Waals surface area contributed by atoms with Crippen molar-refractivity contribution in [3.63, 3.8) is 0 Å². The van der Waals surface area contributed by atoms with Crippen molar-refractivity contribution in [3.05, 3.63) is 12.2 Å². The summed E-state index contributed by atoms with van der Waals surface area (Å²) in [4.78, 5) is 12.4. The van der Waals surface area contributed by atoms with Gasteiger partial charge >= 0.3 is 0 Å². The van der Waals surface area contributed by atoms with Crippen LogP contribution in [0.2, 0.25) is 0 Å². The molecule has 50 heavy (non-hydrogen) atoms. The molecule has 0 aromatic heterocycles. The predicted octanol–water partition coefficient (Wildman–Crippen LogP) is 12.8. The van der Waals surface area contributed by atoms with Crippen molar-refractivity contribution in [3.8, 4) is 0 Å². The Morgan fingerprint density at radius 1 is 0.480 bits per heavy atom. The number of allylic oxidation sites excluding steroid dienone is 2. The van der Waals surface area contributed by atoms with Crippen molar-refractivity contribution < 1.29 is 20.1 Å². The summed E-state index contributed by atoms with van der Waals surface area (Å²) >= 11 is 0. The van der Waals surface area contributed by atoms with E-state index in [0.717, 1.165) is 44.9 Å². The van der Waals surface area contributed by atoms with E-state index in [4.69, 9.17) is 0 Å². The Balaban J connectivity index is 3.54. The van der Waals surface area contributed by atoms with Crippen molar-refractivity contribution in [2.24, 2.45) is 0 Å². The van der Waals surface area contributed by atoms with Crippen molar-refractivity contribution in [2.45, 2.75) is 263 Å². The number of aliphatic hydroxyl groups is 3. The van der Waals surface area contributed by atoms with Gasteiger partial charge in [-0.1, -0.05) is 212 Å². The highest BCUT2D eigenvalue weighted by Crippen LogP contribution is 2.17. The van der Waals surface area contributed by atoms with Crippen LogP contribution in [0.5, 0.6) is 0 Å². The molecule has 0 saturated heterocycles. The van der Waals surface area contributed by atoms with Crippen LogP contribution < -0.4 is 5.32 Å². The zero-order valence-electron chi connectivity index (χ0n) is 33.8. The first-order valence-corrected chi connectivity index (χ1v) is 22.5. The quantitative estimate of drug-likeness (QED) is 0.0376. The summed E-state index contributed by atoms with van der Waals surface area (Å²) in [5.74, 6) is -0.153. The number of hydrogen-bond donors (Lipinski definition) is 4. The second-order valence-corrected chi connectivity index (χ2v) is 15.6. The van der Waals surface area contributed by atoms with E-state index in [9.17, 15) is 20.1 Å². The molecule has 0 radical (unpaired) electrons. The Hall–Kier alpha value is -0.910. The maximum atomic E-state index is 12.4. The number of amides is 1. The Bertz CT molecular complexity index is 699. The Morgan fingerprint density at radius 2 is 0.800 bits per heavy atom. The number of hydrogen-bond acceptors (Lipinski definition) is 4. The normalized spacial score (nSPS) is 13.6. The SMILES string of the molecule is CCCCC/C=C\CCCCCCCC(=O)NC(CO)C(O)C(O)CCCCCCCCCCCCCCCCCCCCCCCCCC. The van der Waals surface area contributed by atoms with E-state index in [1.165, 1.54) is 173 Å². The van der Waals surface area contributed by atoms with Crippen LogP contribution in [0.4, 0.5) is 0 Å². The van der Waals surface area contributed by atoms with Crippen LogP contribution in [0.15, 0.2) is 12.2 Å². The van der Waals surface area contributed by atoms with E-state index in [2.05, 4.69) is 31.3 Å². The molecule has 0 bridgehead atoms. The first-order chi connectivity index (χ1) is 24.6. The minimum atomic E-state index is -1.14. The second kappa shape index (κ2) is 40.9. The number of unbranched alkanes of at least 4 members (excludes halogenated alkanes) is 31. The maximum Gasteiger partial charge on any atom is 0.220 e. The molecule has 0 aromatic rings. The van der Waals surface area contributed by atoms with Crippen molar-refractivity contribution in [1.82, 2.24) is 5.32 Å². The standard InChI is InChI=1S/C45H89NO4/c1-3-5-7-9-11-13-15-17-18-19-20-21-22-23-24-25-26-27-28-29-31-33-35-37-39-43(48)45(50)42(41-47)46-44(49)40-38-36-34-32-30-16-14-12-10-8-6-4-2/h12,14,42-43,45,47-48,50H,3-11,13,15-41H2,1-2H3,(H,46,49)/b14-12-. The molecule has 0 aliphatic heterocycles. The average Bonchev–Trinajstić information content (AvgIpc) is 3.12. The van der Waals surface area contributed by atoms with Gasteiger partial charge in [0.2, 0.25) is 5.91 Å². The molecule has 5 heteroatoms. The van der Waals surface area contributed by atoms with Gasteiger partial charge in [0.15, 0.2) is 0 Å². The minimum absolute atomic E-state index is 0.153. The number of carbonyl (C=O) groups is 1. The molecule has 0 spiro atoms. The van der Waals surface area contributed by atoms with Gasteiger partial charge in [0.05, 0.1) is 18.8 Å². The van der Waals surface area contributed by atoms with Crippen molar-refractivity contribution in [2.75, 3.05) is 6.61 Å².